The zero-order valence-electron chi connectivity index (χ0n) is 14.8. The Morgan fingerprint density at radius 2 is 1.88 bits per heavy atom. The van der Waals surface area contributed by atoms with Crippen LogP contribution in [0, 0.1) is 0 Å². The lowest BCUT2D eigenvalue weighted by atomic mass is 9.92. The molecule has 8 heteroatoms. The third kappa shape index (κ3) is 3.70. The number of pyridine rings is 1. The number of halogens is 3. The third-order valence-corrected chi connectivity index (χ3v) is 4.86. The second-order valence-corrected chi connectivity index (χ2v) is 7.16. The van der Waals surface area contributed by atoms with Crippen LogP contribution in [0.5, 0.6) is 0 Å². The number of aliphatic hydroxyl groups is 1. The van der Waals surface area contributed by atoms with Crippen LogP contribution in [0.1, 0.15) is 62.9 Å². The van der Waals surface area contributed by atoms with E-state index in [1.54, 1.807) is 6.20 Å². The Morgan fingerprint density at radius 1 is 1.23 bits per heavy atom. The van der Waals surface area contributed by atoms with Gasteiger partial charge in [0, 0.05) is 29.9 Å². The summed E-state index contributed by atoms with van der Waals surface area (Å²) in [4.78, 5) is 8.28. The SMILES string of the molecule is CC(C)c1nc(-c2cnc(N)c(C(F)(F)F)c2)cn1C1CCC(O)CC1. The maximum atomic E-state index is 13.1. The molecule has 0 aromatic carbocycles. The Labute approximate surface area is 150 Å². The molecule has 0 unspecified atom stereocenters. The van der Waals surface area contributed by atoms with Gasteiger partial charge in [0.2, 0.25) is 0 Å². The fourth-order valence-electron chi connectivity index (χ4n) is 3.45. The molecule has 1 aliphatic carbocycles. The minimum Gasteiger partial charge on any atom is -0.393 e. The molecule has 5 nitrogen and oxygen atoms in total. The molecular formula is C18H23F3N4O. The van der Waals surface area contributed by atoms with Crippen molar-refractivity contribution >= 4 is 5.82 Å². The fourth-order valence-corrected chi connectivity index (χ4v) is 3.45. The van der Waals surface area contributed by atoms with E-state index in [9.17, 15) is 18.3 Å². The van der Waals surface area contributed by atoms with Crippen LogP contribution in [-0.2, 0) is 6.18 Å². The molecule has 142 valence electrons. The Bertz CT molecular complexity index is 777. The lowest BCUT2D eigenvalue weighted by molar-refractivity contribution is -0.137. The van der Waals surface area contributed by atoms with Gasteiger partial charge in [-0.2, -0.15) is 13.2 Å². The quantitative estimate of drug-likeness (QED) is 0.853. The molecule has 0 radical (unpaired) electrons. The molecular weight excluding hydrogens is 345 g/mol. The van der Waals surface area contributed by atoms with Gasteiger partial charge in [0.15, 0.2) is 0 Å². The summed E-state index contributed by atoms with van der Waals surface area (Å²) < 4.78 is 41.4. The number of anilines is 1. The molecule has 0 bridgehead atoms. The number of imidazole rings is 1. The summed E-state index contributed by atoms with van der Waals surface area (Å²) in [5, 5.41) is 9.72. The predicted octanol–water partition coefficient (Wildman–Crippen LogP) is 4.15. The number of nitrogens with two attached hydrogens (primary N) is 1. The normalized spacial score (nSPS) is 21.3. The largest absolute Gasteiger partial charge is 0.419 e. The van der Waals surface area contributed by atoms with Crippen LogP contribution in [0.2, 0.25) is 0 Å². The van der Waals surface area contributed by atoms with Crippen molar-refractivity contribution in [1.29, 1.82) is 0 Å². The number of rotatable bonds is 3. The molecule has 0 aliphatic heterocycles. The van der Waals surface area contributed by atoms with Crippen LogP contribution >= 0.6 is 0 Å². The molecule has 2 aromatic rings. The van der Waals surface area contributed by atoms with E-state index in [-0.39, 0.29) is 18.1 Å². The Balaban J connectivity index is 2.00. The number of nitrogen functional groups attached to an aromatic ring is 1. The van der Waals surface area contributed by atoms with Crippen molar-refractivity contribution in [3.63, 3.8) is 0 Å². The number of aromatic nitrogens is 3. The summed E-state index contributed by atoms with van der Waals surface area (Å²) in [6, 6.07) is 1.20. The Morgan fingerprint density at radius 3 is 2.46 bits per heavy atom. The highest BCUT2D eigenvalue weighted by Crippen LogP contribution is 2.37. The zero-order valence-corrected chi connectivity index (χ0v) is 14.8. The van der Waals surface area contributed by atoms with Gasteiger partial charge in [-0.15, -0.1) is 0 Å². The van der Waals surface area contributed by atoms with Crippen LogP contribution < -0.4 is 5.73 Å². The van der Waals surface area contributed by atoms with E-state index in [2.05, 4.69) is 14.5 Å². The summed E-state index contributed by atoms with van der Waals surface area (Å²) >= 11 is 0. The fraction of sp³-hybridized carbons (Fsp3) is 0.556. The molecule has 0 spiro atoms. The van der Waals surface area contributed by atoms with Crippen molar-refractivity contribution < 1.29 is 18.3 Å². The summed E-state index contributed by atoms with van der Waals surface area (Å²) in [6.45, 7) is 4.01. The van der Waals surface area contributed by atoms with E-state index in [1.165, 1.54) is 6.20 Å². The molecule has 0 atom stereocenters. The lowest BCUT2D eigenvalue weighted by Crippen LogP contribution is -2.22. The Hall–Kier alpha value is -2.09. The summed E-state index contributed by atoms with van der Waals surface area (Å²) in [7, 11) is 0. The average molecular weight is 368 g/mol. The summed E-state index contributed by atoms with van der Waals surface area (Å²) in [6.07, 6.45) is 1.38. The van der Waals surface area contributed by atoms with Crippen molar-refractivity contribution in [3.8, 4) is 11.3 Å². The maximum Gasteiger partial charge on any atom is 0.419 e. The van der Waals surface area contributed by atoms with E-state index in [1.807, 2.05) is 13.8 Å². The molecule has 26 heavy (non-hydrogen) atoms. The number of hydrogen-bond donors (Lipinski definition) is 2. The van der Waals surface area contributed by atoms with E-state index in [0.717, 1.165) is 37.6 Å². The maximum absolute atomic E-state index is 13.1. The van der Waals surface area contributed by atoms with Crippen LogP contribution in [0.15, 0.2) is 18.5 Å². The second-order valence-electron chi connectivity index (χ2n) is 7.16. The molecule has 3 N–H and O–H groups in total. The minimum absolute atomic E-state index is 0.124. The smallest absolute Gasteiger partial charge is 0.393 e. The molecule has 2 heterocycles. The minimum atomic E-state index is -4.56. The van der Waals surface area contributed by atoms with Crippen molar-refractivity contribution in [2.75, 3.05) is 5.73 Å². The van der Waals surface area contributed by atoms with Crippen LogP contribution in [-0.4, -0.2) is 25.7 Å². The van der Waals surface area contributed by atoms with Gasteiger partial charge in [0.1, 0.15) is 11.6 Å². The van der Waals surface area contributed by atoms with Gasteiger partial charge in [-0.3, -0.25) is 0 Å². The van der Waals surface area contributed by atoms with E-state index >= 15 is 0 Å². The molecule has 0 amide bonds. The first-order valence-electron chi connectivity index (χ1n) is 8.76. The molecule has 2 aromatic heterocycles. The first-order valence-corrected chi connectivity index (χ1v) is 8.76. The van der Waals surface area contributed by atoms with Gasteiger partial charge in [0.05, 0.1) is 17.4 Å². The first kappa shape index (κ1) is 18.7. The van der Waals surface area contributed by atoms with Crippen molar-refractivity contribution in [3.05, 3.63) is 29.8 Å². The second kappa shape index (κ2) is 6.90. The van der Waals surface area contributed by atoms with Gasteiger partial charge in [-0.1, -0.05) is 13.8 Å². The Kier molecular flexibility index (Phi) is 4.96. The summed E-state index contributed by atoms with van der Waals surface area (Å²) in [5.74, 6) is 0.414. The predicted molar refractivity (Wildman–Crippen MR) is 92.5 cm³/mol. The zero-order chi connectivity index (χ0) is 19.1. The average Bonchev–Trinajstić information content (AvgIpc) is 3.00. The summed E-state index contributed by atoms with van der Waals surface area (Å²) in [5.41, 5.74) is 5.19. The van der Waals surface area contributed by atoms with Gasteiger partial charge < -0.3 is 15.4 Å². The van der Waals surface area contributed by atoms with Gasteiger partial charge >= 0.3 is 6.18 Å². The van der Waals surface area contributed by atoms with E-state index in [0.29, 0.717) is 11.3 Å². The topological polar surface area (TPSA) is 77.0 Å². The van der Waals surface area contributed by atoms with E-state index in [4.69, 9.17) is 5.73 Å². The highest BCUT2D eigenvalue weighted by molar-refractivity contribution is 5.62. The molecule has 1 saturated carbocycles. The van der Waals surface area contributed by atoms with E-state index < -0.39 is 17.6 Å². The van der Waals surface area contributed by atoms with Gasteiger partial charge in [-0.05, 0) is 31.7 Å². The van der Waals surface area contributed by atoms with Crippen LogP contribution in [0.25, 0.3) is 11.3 Å². The van der Waals surface area contributed by atoms with Crippen LogP contribution in [0.4, 0.5) is 19.0 Å². The number of aliphatic hydroxyl groups excluding tert-OH is 1. The first-order chi connectivity index (χ1) is 12.2. The highest BCUT2D eigenvalue weighted by atomic mass is 19.4. The lowest BCUT2D eigenvalue weighted by Gasteiger charge is -2.28. The van der Waals surface area contributed by atoms with Gasteiger partial charge in [-0.25, -0.2) is 9.97 Å². The molecule has 1 aliphatic rings. The number of nitrogens with zero attached hydrogens (tertiary/aromatic N) is 3. The highest BCUT2D eigenvalue weighted by Gasteiger charge is 2.34. The van der Waals surface area contributed by atoms with Gasteiger partial charge in [0.25, 0.3) is 0 Å². The number of hydrogen-bond acceptors (Lipinski definition) is 4. The molecule has 0 saturated heterocycles. The van der Waals surface area contributed by atoms with Crippen LogP contribution in [0.3, 0.4) is 0 Å². The monoisotopic (exact) mass is 368 g/mol. The molecule has 3 rings (SSSR count). The standard InChI is InChI=1S/C18H23F3N4O/c1-10(2)17-24-15(9-25(17)12-3-5-13(26)6-4-12)11-7-14(18(19,20)21)16(22)23-8-11/h7-10,12-13,26H,3-6H2,1-2H3,(H2,22,23). The molecule has 1 fully saturated rings. The van der Waals surface area contributed by atoms with Crippen molar-refractivity contribution in [2.45, 2.75) is 63.8 Å². The number of alkyl halides is 3. The third-order valence-electron chi connectivity index (χ3n) is 4.86. The van der Waals surface area contributed by atoms with Crippen molar-refractivity contribution in [1.82, 2.24) is 14.5 Å². The van der Waals surface area contributed by atoms with Crippen molar-refractivity contribution in [2.24, 2.45) is 0 Å².